The van der Waals surface area contributed by atoms with Gasteiger partial charge in [0.15, 0.2) is 0 Å². The van der Waals surface area contributed by atoms with Gasteiger partial charge in [0.05, 0.1) is 22.0 Å². The lowest BCUT2D eigenvalue weighted by Crippen LogP contribution is -2.07. The molecule has 0 fully saturated rings. The van der Waals surface area contributed by atoms with E-state index in [1.807, 2.05) is 48.7 Å². The molecule has 0 N–H and O–H groups in total. The number of thioether (sulfide) groups is 1. The van der Waals surface area contributed by atoms with E-state index in [1.165, 1.54) is 0 Å². The van der Waals surface area contributed by atoms with Gasteiger partial charge in [0, 0.05) is 22.2 Å². The van der Waals surface area contributed by atoms with Crippen LogP contribution in [-0.2, 0) is 17.1 Å². The molecule has 0 saturated carbocycles. The molecular weight excluding hydrogens is 340 g/mol. The van der Waals surface area contributed by atoms with Crippen molar-refractivity contribution >= 4 is 29.1 Å². The maximum Gasteiger partial charge on any atom is 0.339 e. The Morgan fingerprint density at radius 2 is 2.00 bits per heavy atom. The quantitative estimate of drug-likeness (QED) is 0.481. The van der Waals surface area contributed by atoms with Crippen LogP contribution in [0.5, 0.6) is 0 Å². The molecule has 0 atom stereocenters. The predicted molar refractivity (Wildman–Crippen MR) is 96.2 cm³/mol. The molecule has 4 nitrogen and oxygen atoms in total. The van der Waals surface area contributed by atoms with Gasteiger partial charge < -0.3 is 4.74 Å². The molecule has 0 bridgehead atoms. The Labute approximate surface area is 148 Å². The lowest BCUT2D eigenvalue weighted by atomic mass is 10.2. The summed E-state index contributed by atoms with van der Waals surface area (Å²) in [5, 5.41) is 3.10. The van der Waals surface area contributed by atoms with Crippen LogP contribution in [0.15, 0.2) is 58.9 Å². The lowest BCUT2D eigenvalue weighted by molar-refractivity contribution is 0.0463. The molecule has 1 aromatic carbocycles. The first-order valence-electron chi connectivity index (χ1n) is 7.42. The van der Waals surface area contributed by atoms with Crippen LogP contribution in [0.3, 0.4) is 0 Å². The molecule has 0 saturated heterocycles. The fraction of sp³-hybridized carbons (Fsp3) is 0.167. The van der Waals surface area contributed by atoms with E-state index in [0.29, 0.717) is 5.56 Å². The van der Waals surface area contributed by atoms with Crippen molar-refractivity contribution in [3.05, 3.63) is 76.0 Å². The van der Waals surface area contributed by atoms with Crippen LogP contribution < -0.4 is 0 Å². The molecule has 3 aromatic rings. The van der Waals surface area contributed by atoms with E-state index in [9.17, 15) is 4.79 Å². The fourth-order valence-corrected chi connectivity index (χ4v) is 3.74. The summed E-state index contributed by atoms with van der Waals surface area (Å²) < 4.78 is 5.38. The number of rotatable bonds is 6. The Hall–Kier alpha value is -2.18. The zero-order valence-electron chi connectivity index (χ0n) is 13.1. The minimum Gasteiger partial charge on any atom is -0.456 e. The summed E-state index contributed by atoms with van der Waals surface area (Å²) in [6.07, 6.45) is 1.68. The maximum atomic E-state index is 12.4. The van der Waals surface area contributed by atoms with Crippen LogP contribution in [0, 0.1) is 6.92 Å². The highest BCUT2D eigenvalue weighted by Gasteiger charge is 2.13. The summed E-state index contributed by atoms with van der Waals surface area (Å²) in [6, 6.07) is 13.0. The first-order chi connectivity index (χ1) is 11.7. The number of ether oxygens (including phenoxy) is 1. The average molecular weight is 356 g/mol. The zero-order valence-corrected chi connectivity index (χ0v) is 14.8. The van der Waals surface area contributed by atoms with Crippen LogP contribution in [0.2, 0.25) is 0 Å². The summed E-state index contributed by atoms with van der Waals surface area (Å²) in [7, 11) is 0. The fourth-order valence-electron chi connectivity index (χ4n) is 2.09. The third-order valence-electron chi connectivity index (χ3n) is 3.23. The van der Waals surface area contributed by atoms with Crippen molar-refractivity contribution in [2.45, 2.75) is 24.2 Å². The lowest BCUT2D eigenvalue weighted by Gasteiger charge is -2.08. The number of thiazole rings is 1. The van der Waals surface area contributed by atoms with E-state index in [0.717, 1.165) is 27.0 Å². The zero-order chi connectivity index (χ0) is 16.8. The van der Waals surface area contributed by atoms with Crippen molar-refractivity contribution in [3.8, 4) is 0 Å². The van der Waals surface area contributed by atoms with E-state index in [1.54, 1.807) is 35.4 Å². The molecule has 2 aromatic heterocycles. The van der Waals surface area contributed by atoms with Crippen molar-refractivity contribution in [2.24, 2.45) is 0 Å². The molecule has 24 heavy (non-hydrogen) atoms. The highest BCUT2D eigenvalue weighted by molar-refractivity contribution is 7.98. The van der Waals surface area contributed by atoms with E-state index in [2.05, 4.69) is 9.97 Å². The summed E-state index contributed by atoms with van der Waals surface area (Å²) in [5.74, 6) is 0.396. The molecule has 2 heterocycles. The smallest absolute Gasteiger partial charge is 0.339 e. The van der Waals surface area contributed by atoms with Gasteiger partial charge in [-0.15, -0.1) is 23.1 Å². The number of aromatic nitrogens is 2. The van der Waals surface area contributed by atoms with Crippen LogP contribution in [0.4, 0.5) is 0 Å². The molecule has 0 unspecified atom stereocenters. The maximum absolute atomic E-state index is 12.4. The Bertz CT molecular complexity index is 819. The van der Waals surface area contributed by atoms with Crippen molar-refractivity contribution in [1.29, 1.82) is 0 Å². The van der Waals surface area contributed by atoms with Gasteiger partial charge in [-0.05, 0) is 31.2 Å². The summed E-state index contributed by atoms with van der Waals surface area (Å²) in [5.41, 5.74) is 2.33. The van der Waals surface area contributed by atoms with Gasteiger partial charge in [-0.2, -0.15) is 0 Å². The average Bonchev–Trinajstić information content (AvgIpc) is 3.04. The van der Waals surface area contributed by atoms with Crippen molar-refractivity contribution in [2.75, 3.05) is 0 Å². The number of carbonyl (C=O) groups excluding carboxylic acids is 1. The second-order valence-corrected chi connectivity index (χ2v) is 7.12. The number of carbonyl (C=O) groups is 1. The Kier molecular flexibility index (Phi) is 5.61. The number of hydrogen-bond acceptors (Lipinski definition) is 6. The van der Waals surface area contributed by atoms with Gasteiger partial charge >= 0.3 is 5.97 Å². The Morgan fingerprint density at radius 3 is 2.75 bits per heavy atom. The number of hydrogen-bond donors (Lipinski definition) is 0. The molecule has 0 spiro atoms. The molecule has 0 aliphatic rings. The molecular formula is C18H16N2O2S2. The Morgan fingerprint density at radius 1 is 1.17 bits per heavy atom. The van der Waals surface area contributed by atoms with Crippen LogP contribution in [0.25, 0.3) is 0 Å². The first kappa shape index (κ1) is 16.7. The van der Waals surface area contributed by atoms with Gasteiger partial charge in [0.2, 0.25) is 0 Å². The third-order valence-corrected chi connectivity index (χ3v) is 5.16. The second kappa shape index (κ2) is 8.08. The van der Waals surface area contributed by atoms with E-state index in [4.69, 9.17) is 4.74 Å². The van der Waals surface area contributed by atoms with Crippen molar-refractivity contribution < 1.29 is 9.53 Å². The number of aryl methyl sites for hydroxylation is 1. The van der Waals surface area contributed by atoms with Crippen molar-refractivity contribution in [1.82, 2.24) is 9.97 Å². The van der Waals surface area contributed by atoms with Crippen LogP contribution >= 0.6 is 23.1 Å². The number of benzene rings is 1. The molecule has 0 aliphatic heterocycles. The molecule has 0 radical (unpaired) electrons. The summed E-state index contributed by atoms with van der Waals surface area (Å²) in [6.45, 7) is 2.16. The minimum atomic E-state index is -0.335. The molecule has 3 rings (SSSR count). The number of pyridine rings is 1. The van der Waals surface area contributed by atoms with E-state index < -0.39 is 0 Å². The highest BCUT2D eigenvalue weighted by atomic mass is 32.2. The van der Waals surface area contributed by atoms with Gasteiger partial charge in [-0.3, -0.25) is 4.98 Å². The molecule has 0 aliphatic carbocycles. The topological polar surface area (TPSA) is 52.1 Å². The third kappa shape index (κ3) is 4.43. The van der Waals surface area contributed by atoms with Crippen molar-refractivity contribution in [3.63, 3.8) is 0 Å². The second-order valence-electron chi connectivity index (χ2n) is 5.04. The monoisotopic (exact) mass is 356 g/mol. The normalized spacial score (nSPS) is 10.5. The molecule has 122 valence electrons. The van der Waals surface area contributed by atoms with Gasteiger partial charge in [0.1, 0.15) is 6.61 Å². The minimum absolute atomic E-state index is 0.171. The Balaban J connectivity index is 1.65. The first-order valence-corrected chi connectivity index (χ1v) is 9.29. The van der Waals surface area contributed by atoms with Gasteiger partial charge in [-0.1, -0.05) is 18.2 Å². The van der Waals surface area contributed by atoms with Gasteiger partial charge in [0.25, 0.3) is 0 Å². The van der Waals surface area contributed by atoms with E-state index >= 15 is 0 Å². The van der Waals surface area contributed by atoms with E-state index in [-0.39, 0.29) is 12.6 Å². The SMILES string of the molecule is Cc1nc(CSc2ccccc2C(=O)OCc2ccccn2)cs1. The summed E-state index contributed by atoms with van der Waals surface area (Å²) in [4.78, 5) is 21.9. The van der Waals surface area contributed by atoms with Gasteiger partial charge in [-0.25, -0.2) is 9.78 Å². The largest absolute Gasteiger partial charge is 0.456 e. The number of nitrogens with zero attached hydrogens (tertiary/aromatic N) is 2. The number of esters is 1. The highest BCUT2D eigenvalue weighted by Crippen LogP contribution is 2.27. The standard InChI is InChI=1S/C18H16N2O2S2/c1-13-20-15(11-23-13)12-24-17-8-3-2-7-16(17)18(21)22-10-14-6-4-5-9-19-14/h2-9,11H,10,12H2,1H3. The van der Waals surface area contributed by atoms with Crippen LogP contribution in [-0.4, -0.2) is 15.9 Å². The molecule has 6 heteroatoms. The predicted octanol–water partition coefficient (Wildman–Crippen LogP) is 4.50. The molecule has 0 amide bonds. The van der Waals surface area contributed by atoms with Crippen LogP contribution in [0.1, 0.15) is 26.8 Å². The summed E-state index contributed by atoms with van der Waals surface area (Å²) >= 11 is 3.22.